The molecule has 6 heteroatoms. The van der Waals surface area contributed by atoms with E-state index >= 15 is 0 Å². The van der Waals surface area contributed by atoms with Gasteiger partial charge < -0.3 is 14.2 Å². The first-order chi connectivity index (χ1) is 38.5. The van der Waals surface area contributed by atoms with Gasteiger partial charge in [0.15, 0.2) is 6.10 Å². The van der Waals surface area contributed by atoms with Crippen molar-refractivity contribution >= 4 is 17.9 Å². The molecule has 0 N–H and O–H groups in total. The van der Waals surface area contributed by atoms with Crippen molar-refractivity contribution < 1.29 is 28.6 Å². The van der Waals surface area contributed by atoms with Crippen LogP contribution in [0.5, 0.6) is 0 Å². The molecule has 0 heterocycles. The molecule has 0 aliphatic rings. The average molecular weight is 1090 g/mol. The van der Waals surface area contributed by atoms with Crippen molar-refractivity contribution in [3.63, 3.8) is 0 Å². The van der Waals surface area contributed by atoms with E-state index in [2.05, 4.69) is 87.6 Å². The Morgan fingerprint density at radius 3 is 0.782 bits per heavy atom. The van der Waals surface area contributed by atoms with Crippen LogP contribution in [-0.4, -0.2) is 37.2 Å². The Morgan fingerprint density at radius 1 is 0.269 bits per heavy atom. The molecule has 1 atom stereocenters. The third-order valence-corrected chi connectivity index (χ3v) is 15.0. The fourth-order valence-corrected chi connectivity index (χ4v) is 9.94. The molecule has 0 saturated carbocycles. The summed E-state index contributed by atoms with van der Waals surface area (Å²) >= 11 is 0. The molecule has 0 fully saturated rings. The zero-order valence-electron chi connectivity index (χ0n) is 51.9. The highest BCUT2D eigenvalue weighted by molar-refractivity contribution is 5.71. The van der Waals surface area contributed by atoms with E-state index in [9.17, 15) is 14.4 Å². The highest BCUT2D eigenvalue weighted by Crippen LogP contribution is 2.18. The van der Waals surface area contributed by atoms with E-state index in [1.165, 1.54) is 225 Å². The molecule has 6 nitrogen and oxygen atoms in total. The Morgan fingerprint density at radius 2 is 0.500 bits per heavy atom. The van der Waals surface area contributed by atoms with E-state index in [0.717, 1.165) is 77.0 Å². The average Bonchev–Trinajstić information content (AvgIpc) is 3.44. The largest absolute Gasteiger partial charge is 0.462 e. The van der Waals surface area contributed by atoms with Crippen LogP contribution in [0.15, 0.2) is 72.9 Å². The topological polar surface area (TPSA) is 78.9 Å². The van der Waals surface area contributed by atoms with Gasteiger partial charge in [-0.2, -0.15) is 0 Å². The zero-order chi connectivity index (χ0) is 56.4. The second-order valence-corrected chi connectivity index (χ2v) is 22.7. The monoisotopic (exact) mass is 1090 g/mol. The first-order valence-corrected chi connectivity index (χ1v) is 33.9. The van der Waals surface area contributed by atoms with Crippen LogP contribution in [-0.2, 0) is 28.6 Å². The Bertz CT molecular complexity index is 1440. The molecule has 0 aliphatic heterocycles. The number of rotatable bonds is 62. The number of ether oxygens (including phenoxy) is 3. The molecule has 0 radical (unpaired) electrons. The molecular weight excluding hydrogens is 961 g/mol. The minimum Gasteiger partial charge on any atom is -0.462 e. The van der Waals surface area contributed by atoms with Crippen LogP contribution >= 0.6 is 0 Å². The highest BCUT2D eigenvalue weighted by atomic mass is 16.6. The van der Waals surface area contributed by atoms with E-state index < -0.39 is 6.10 Å². The maximum Gasteiger partial charge on any atom is 0.306 e. The molecule has 0 aromatic carbocycles. The standard InChI is InChI=1S/C72H128O6/c1-4-7-10-13-16-19-22-25-28-31-34-36-39-41-44-47-50-53-56-59-62-65-71(74)77-68-69(67-76-70(73)64-61-58-55-52-49-46-43-40-37-33-30-27-24-21-18-15-12-9-6-3)78-72(75)66-63-60-57-54-51-48-45-42-38-35-32-29-26-23-20-17-14-11-8-5-2/h9,12,18,21,27,30,37,40,46,49,55,58,69H,4-8,10-11,13-17,19-20,22-26,28-29,31-36,38-39,41-45,47-48,50-54,56-57,59-68H2,1-3H3/b12-9-,21-18-,30-27-,40-37-,49-46-,58-55-. The van der Waals surface area contributed by atoms with Crippen LogP contribution in [0.3, 0.4) is 0 Å². The molecule has 1 unspecified atom stereocenters. The van der Waals surface area contributed by atoms with Gasteiger partial charge in [0.05, 0.1) is 0 Å². The molecule has 452 valence electrons. The van der Waals surface area contributed by atoms with Crippen LogP contribution in [0.4, 0.5) is 0 Å². The Labute approximate surface area is 484 Å². The number of unbranched alkanes of at least 4 members (excludes halogenated alkanes) is 39. The summed E-state index contributed by atoms with van der Waals surface area (Å²) in [4.78, 5) is 38.4. The maximum absolute atomic E-state index is 12.9. The second kappa shape index (κ2) is 66.4. The SMILES string of the molecule is CC/C=C\C/C=C\C/C=C\C/C=C\C/C=C\C/C=C\CCC(=O)OCC(COC(=O)CCCCCCCCCCCCCCCCCCCCCCC)OC(=O)CCCCCCCCCCCCCCCCCCCCCC. The van der Waals surface area contributed by atoms with Gasteiger partial charge in [-0.25, -0.2) is 0 Å². The summed E-state index contributed by atoms with van der Waals surface area (Å²) in [5.41, 5.74) is 0. The summed E-state index contributed by atoms with van der Waals surface area (Å²) in [7, 11) is 0. The van der Waals surface area contributed by atoms with Crippen LogP contribution < -0.4 is 0 Å². The van der Waals surface area contributed by atoms with Gasteiger partial charge in [-0.15, -0.1) is 0 Å². The van der Waals surface area contributed by atoms with E-state index in [4.69, 9.17) is 14.2 Å². The molecule has 0 amide bonds. The molecule has 0 spiro atoms. The van der Waals surface area contributed by atoms with Crippen LogP contribution in [0.1, 0.15) is 348 Å². The van der Waals surface area contributed by atoms with E-state index in [1.807, 2.05) is 6.08 Å². The smallest absolute Gasteiger partial charge is 0.306 e. The zero-order valence-corrected chi connectivity index (χ0v) is 51.9. The predicted octanol–water partition coefficient (Wildman–Crippen LogP) is 23.3. The van der Waals surface area contributed by atoms with Crippen LogP contribution in [0, 0.1) is 0 Å². The van der Waals surface area contributed by atoms with E-state index in [0.29, 0.717) is 19.3 Å². The Hall–Kier alpha value is -3.15. The number of carbonyl (C=O) groups excluding carboxylic acids is 3. The molecule has 0 rings (SSSR count). The minimum absolute atomic E-state index is 0.0937. The minimum atomic E-state index is -0.805. The lowest BCUT2D eigenvalue weighted by Gasteiger charge is -2.18. The molecule has 0 bridgehead atoms. The van der Waals surface area contributed by atoms with Crippen molar-refractivity contribution in [3.05, 3.63) is 72.9 Å². The van der Waals surface area contributed by atoms with Crippen molar-refractivity contribution in [2.75, 3.05) is 13.2 Å². The van der Waals surface area contributed by atoms with Crippen LogP contribution in [0.2, 0.25) is 0 Å². The molecule has 0 aromatic rings. The van der Waals surface area contributed by atoms with E-state index in [1.54, 1.807) is 0 Å². The van der Waals surface area contributed by atoms with Crippen LogP contribution in [0.25, 0.3) is 0 Å². The highest BCUT2D eigenvalue weighted by Gasteiger charge is 2.19. The quantitative estimate of drug-likeness (QED) is 0.0261. The lowest BCUT2D eigenvalue weighted by molar-refractivity contribution is -0.166. The second-order valence-electron chi connectivity index (χ2n) is 22.7. The Balaban J connectivity index is 4.41. The number of hydrogen-bond acceptors (Lipinski definition) is 6. The summed E-state index contributed by atoms with van der Waals surface area (Å²) in [5.74, 6) is -0.959. The van der Waals surface area contributed by atoms with Gasteiger partial charge >= 0.3 is 17.9 Å². The summed E-state index contributed by atoms with van der Waals surface area (Å²) in [6.07, 6.45) is 86.5. The lowest BCUT2D eigenvalue weighted by Crippen LogP contribution is -2.30. The predicted molar refractivity (Wildman–Crippen MR) is 339 cm³/mol. The first kappa shape index (κ1) is 74.8. The third-order valence-electron chi connectivity index (χ3n) is 15.0. The van der Waals surface area contributed by atoms with Crippen molar-refractivity contribution in [2.24, 2.45) is 0 Å². The normalized spacial score (nSPS) is 12.5. The van der Waals surface area contributed by atoms with Gasteiger partial charge in [0.1, 0.15) is 13.2 Å². The molecule has 0 saturated heterocycles. The van der Waals surface area contributed by atoms with Gasteiger partial charge in [0.25, 0.3) is 0 Å². The number of esters is 3. The van der Waals surface area contributed by atoms with Gasteiger partial charge in [-0.05, 0) is 57.8 Å². The third kappa shape index (κ3) is 63.7. The van der Waals surface area contributed by atoms with Crippen molar-refractivity contribution in [1.82, 2.24) is 0 Å². The number of carbonyl (C=O) groups is 3. The maximum atomic E-state index is 12.9. The van der Waals surface area contributed by atoms with Gasteiger partial charge in [0.2, 0.25) is 0 Å². The van der Waals surface area contributed by atoms with Crippen molar-refractivity contribution in [3.8, 4) is 0 Å². The van der Waals surface area contributed by atoms with Gasteiger partial charge in [0, 0.05) is 19.3 Å². The fraction of sp³-hybridized carbons (Fsp3) is 0.792. The van der Waals surface area contributed by atoms with Crippen molar-refractivity contribution in [1.29, 1.82) is 0 Å². The Kier molecular flexibility index (Phi) is 63.7. The molecule has 78 heavy (non-hydrogen) atoms. The summed E-state index contributed by atoms with van der Waals surface area (Å²) < 4.78 is 16.9. The number of allylic oxidation sites excluding steroid dienone is 12. The summed E-state index contributed by atoms with van der Waals surface area (Å²) in [5, 5.41) is 0. The molecule has 0 aromatic heterocycles. The first-order valence-electron chi connectivity index (χ1n) is 33.9. The fourth-order valence-electron chi connectivity index (χ4n) is 9.94. The summed E-state index contributed by atoms with van der Waals surface area (Å²) in [6, 6.07) is 0. The summed E-state index contributed by atoms with van der Waals surface area (Å²) in [6.45, 7) is 6.53. The molecular formula is C72H128O6. The molecule has 0 aliphatic carbocycles. The lowest BCUT2D eigenvalue weighted by atomic mass is 10.0. The van der Waals surface area contributed by atoms with Gasteiger partial charge in [-0.1, -0.05) is 344 Å². The van der Waals surface area contributed by atoms with Gasteiger partial charge in [-0.3, -0.25) is 14.4 Å². The van der Waals surface area contributed by atoms with E-state index in [-0.39, 0.29) is 37.5 Å². The van der Waals surface area contributed by atoms with Crippen molar-refractivity contribution in [2.45, 2.75) is 354 Å². The number of hydrogen-bond donors (Lipinski definition) is 0.